The molecule has 1 aromatic rings. The van der Waals surface area contributed by atoms with Crippen LogP contribution in [0.1, 0.15) is 56.9 Å². The van der Waals surface area contributed by atoms with Crippen LogP contribution in [0.3, 0.4) is 0 Å². The molecular formula is C19H27FN2O2S. The fourth-order valence-corrected chi connectivity index (χ4v) is 4.42. The van der Waals surface area contributed by atoms with Crippen LogP contribution < -0.4 is 5.32 Å². The third-order valence-electron chi connectivity index (χ3n) is 4.27. The molecule has 0 aromatic heterocycles. The number of hydrogen-bond acceptors (Lipinski definition) is 3. The fraction of sp³-hybridized carbons (Fsp3) is 0.579. The van der Waals surface area contributed by atoms with Crippen LogP contribution in [0.15, 0.2) is 24.3 Å². The number of unbranched alkanes of at least 4 members (excludes halogenated alkanes) is 2. The van der Waals surface area contributed by atoms with E-state index in [1.807, 2.05) is 13.0 Å². The standard InChI is InChI=1S/C19H27FN2O2S/c1-3-5-6-11-21-18(24)16-13-25-19(22(16)17(23)8-4-2)14-9-7-10-15(20)12-14/h7,9-10,12,16,19H,3-6,8,11,13H2,1-2H3,(H,21,24)/t16-,19-/m0/s1. The molecule has 0 unspecified atom stereocenters. The van der Waals surface area contributed by atoms with Gasteiger partial charge in [0, 0.05) is 18.7 Å². The summed E-state index contributed by atoms with van der Waals surface area (Å²) in [4.78, 5) is 26.9. The normalized spacial score (nSPS) is 19.9. The molecule has 2 amide bonds. The fourth-order valence-electron chi connectivity index (χ4n) is 2.98. The van der Waals surface area contributed by atoms with Gasteiger partial charge in [0.25, 0.3) is 0 Å². The molecule has 1 saturated heterocycles. The Hall–Kier alpha value is -1.56. The monoisotopic (exact) mass is 366 g/mol. The molecular weight excluding hydrogens is 339 g/mol. The molecule has 138 valence electrons. The first kappa shape index (κ1) is 19.8. The Kier molecular flexibility index (Phi) is 7.75. The lowest BCUT2D eigenvalue weighted by atomic mass is 10.1. The zero-order valence-corrected chi connectivity index (χ0v) is 15.8. The highest BCUT2D eigenvalue weighted by molar-refractivity contribution is 7.99. The van der Waals surface area contributed by atoms with Crippen LogP contribution in [0.2, 0.25) is 0 Å². The maximum absolute atomic E-state index is 13.6. The Morgan fingerprint density at radius 3 is 2.76 bits per heavy atom. The molecule has 0 bridgehead atoms. The predicted octanol–water partition coefficient (Wildman–Crippen LogP) is 3.87. The summed E-state index contributed by atoms with van der Waals surface area (Å²) in [5.41, 5.74) is 0.732. The topological polar surface area (TPSA) is 49.4 Å². The first-order valence-corrected chi connectivity index (χ1v) is 10.1. The van der Waals surface area contributed by atoms with Crippen molar-refractivity contribution in [3.05, 3.63) is 35.6 Å². The van der Waals surface area contributed by atoms with Gasteiger partial charge in [0.05, 0.1) is 0 Å². The molecule has 2 rings (SSSR count). The molecule has 2 atom stereocenters. The Balaban J connectivity index is 2.13. The molecule has 0 radical (unpaired) electrons. The highest BCUT2D eigenvalue weighted by Crippen LogP contribution is 2.42. The summed E-state index contributed by atoms with van der Waals surface area (Å²) in [6, 6.07) is 5.81. The number of nitrogens with one attached hydrogen (secondary N) is 1. The second-order valence-electron chi connectivity index (χ2n) is 6.31. The van der Waals surface area contributed by atoms with Crippen LogP contribution in [0, 0.1) is 5.82 Å². The molecule has 1 aliphatic heterocycles. The quantitative estimate of drug-likeness (QED) is 0.711. The number of hydrogen-bond donors (Lipinski definition) is 1. The SMILES string of the molecule is CCCCCNC(=O)[C@@H]1CS[C@@H](c2cccc(F)c2)N1C(=O)CCC. The molecule has 0 saturated carbocycles. The van der Waals surface area contributed by atoms with Gasteiger partial charge in [-0.05, 0) is 30.5 Å². The third kappa shape index (κ3) is 5.21. The summed E-state index contributed by atoms with van der Waals surface area (Å²) in [6.45, 7) is 4.69. The Morgan fingerprint density at radius 2 is 2.08 bits per heavy atom. The van der Waals surface area contributed by atoms with Gasteiger partial charge in [0.1, 0.15) is 17.2 Å². The van der Waals surface area contributed by atoms with Gasteiger partial charge in [-0.2, -0.15) is 0 Å². The molecule has 25 heavy (non-hydrogen) atoms. The second-order valence-corrected chi connectivity index (χ2v) is 7.42. The van der Waals surface area contributed by atoms with E-state index in [0.29, 0.717) is 18.7 Å². The summed E-state index contributed by atoms with van der Waals surface area (Å²) < 4.78 is 13.6. The highest BCUT2D eigenvalue weighted by atomic mass is 32.2. The van der Waals surface area contributed by atoms with E-state index < -0.39 is 6.04 Å². The number of nitrogens with zero attached hydrogens (tertiary/aromatic N) is 1. The maximum atomic E-state index is 13.6. The Labute approximate surface area is 153 Å². The molecule has 1 heterocycles. The minimum absolute atomic E-state index is 0.0459. The van der Waals surface area contributed by atoms with Crippen molar-refractivity contribution in [2.75, 3.05) is 12.3 Å². The Bertz CT molecular complexity index is 597. The Morgan fingerprint density at radius 1 is 1.28 bits per heavy atom. The molecule has 1 aliphatic rings. The lowest BCUT2D eigenvalue weighted by Crippen LogP contribution is -2.48. The first-order valence-electron chi connectivity index (χ1n) is 9.04. The molecule has 1 N–H and O–H groups in total. The van der Waals surface area contributed by atoms with Gasteiger partial charge in [-0.3, -0.25) is 9.59 Å². The van der Waals surface area contributed by atoms with E-state index in [1.165, 1.54) is 23.9 Å². The molecule has 0 aliphatic carbocycles. The minimum Gasteiger partial charge on any atom is -0.354 e. The van der Waals surface area contributed by atoms with E-state index in [4.69, 9.17) is 0 Å². The van der Waals surface area contributed by atoms with Crippen LogP contribution in [0.25, 0.3) is 0 Å². The average Bonchev–Trinajstić information content (AvgIpc) is 3.04. The van der Waals surface area contributed by atoms with E-state index in [2.05, 4.69) is 12.2 Å². The molecule has 1 aromatic carbocycles. The van der Waals surface area contributed by atoms with Crippen LogP contribution >= 0.6 is 11.8 Å². The molecule has 0 spiro atoms. The van der Waals surface area contributed by atoms with Gasteiger partial charge in [-0.1, -0.05) is 38.8 Å². The summed E-state index contributed by atoms with van der Waals surface area (Å²) >= 11 is 1.52. The van der Waals surface area contributed by atoms with Crippen LogP contribution in [0.5, 0.6) is 0 Å². The third-order valence-corrected chi connectivity index (χ3v) is 5.59. The number of amides is 2. The number of carbonyl (C=O) groups is 2. The van der Waals surface area contributed by atoms with E-state index >= 15 is 0 Å². The largest absolute Gasteiger partial charge is 0.354 e. The molecule has 1 fully saturated rings. The number of rotatable bonds is 8. The van der Waals surface area contributed by atoms with Crippen molar-refractivity contribution in [2.45, 2.75) is 57.4 Å². The van der Waals surface area contributed by atoms with Gasteiger partial charge in [0.15, 0.2) is 0 Å². The van der Waals surface area contributed by atoms with Crippen LogP contribution in [-0.2, 0) is 9.59 Å². The van der Waals surface area contributed by atoms with Gasteiger partial charge >= 0.3 is 0 Å². The van der Waals surface area contributed by atoms with Crippen molar-refractivity contribution >= 4 is 23.6 Å². The number of thioether (sulfide) groups is 1. The molecule has 6 heteroatoms. The molecule has 4 nitrogen and oxygen atoms in total. The van der Waals surface area contributed by atoms with Crippen molar-refractivity contribution in [3.8, 4) is 0 Å². The lowest BCUT2D eigenvalue weighted by Gasteiger charge is -2.29. The van der Waals surface area contributed by atoms with E-state index in [9.17, 15) is 14.0 Å². The van der Waals surface area contributed by atoms with E-state index in [-0.39, 0.29) is 23.0 Å². The van der Waals surface area contributed by atoms with Crippen molar-refractivity contribution in [3.63, 3.8) is 0 Å². The lowest BCUT2D eigenvalue weighted by molar-refractivity contribution is -0.139. The first-order chi connectivity index (χ1) is 12.1. The highest BCUT2D eigenvalue weighted by Gasteiger charge is 2.41. The average molecular weight is 367 g/mol. The van der Waals surface area contributed by atoms with Crippen molar-refractivity contribution in [2.24, 2.45) is 0 Å². The van der Waals surface area contributed by atoms with E-state index in [0.717, 1.165) is 31.2 Å². The summed E-state index contributed by atoms with van der Waals surface area (Å²) in [7, 11) is 0. The predicted molar refractivity (Wildman–Crippen MR) is 99.7 cm³/mol. The van der Waals surface area contributed by atoms with Gasteiger partial charge < -0.3 is 10.2 Å². The minimum atomic E-state index is -0.487. The second kappa shape index (κ2) is 9.80. The van der Waals surface area contributed by atoms with Crippen molar-refractivity contribution < 1.29 is 14.0 Å². The van der Waals surface area contributed by atoms with Crippen LogP contribution in [-0.4, -0.2) is 35.1 Å². The maximum Gasteiger partial charge on any atom is 0.243 e. The number of benzene rings is 1. The summed E-state index contributed by atoms with van der Waals surface area (Å²) in [5.74, 6) is 0.0619. The van der Waals surface area contributed by atoms with Gasteiger partial charge in [0.2, 0.25) is 11.8 Å². The van der Waals surface area contributed by atoms with Gasteiger partial charge in [-0.25, -0.2) is 4.39 Å². The van der Waals surface area contributed by atoms with Gasteiger partial charge in [-0.15, -0.1) is 11.8 Å². The van der Waals surface area contributed by atoms with E-state index in [1.54, 1.807) is 11.0 Å². The number of carbonyl (C=O) groups excluding carboxylic acids is 2. The van der Waals surface area contributed by atoms with Crippen molar-refractivity contribution in [1.82, 2.24) is 10.2 Å². The zero-order valence-electron chi connectivity index (χ0n) is 15.0. The van der Waals surface area contributed by atoms with Crippen molar-refractivity contribution in [1.29, 1.82) is 0 Å². The summed E-state index contributed by atoms with van der Waals surface area (Å²) in [5, 5.41) is 2.65. The smallest absolute Gasteiger partial charge is 0.243 e. The number of halogens is 1. The van der Waals surface area contributed by atoms with Crippen LogP contribution in [0.4, 0.5) is 4.39 Å². The zero-order chi connectivity index (χ0) is 18.2. The summed E-state index contributed by atoms with van der Waals surface area (Å²) in [6.07, 6.45) is 4.23.